The van der Waals surface area contributed by atoms with E-state index in [9.17, 15) is 26.4 Å². The van der Waals surface area contributed by atoms with Gasteiger partial charge in [-0.25, -0.2) is 21.7 Å². The number of ether oxygens (including phenoxy) is 1. The molecule has 2 saturated heterocycles. The second-order valence-electron chi connectivity index (χ2n) is 8.36. The fraction of sp³-hybridized carbons (Fsp3) is 0.417. The third-order valence-electron chi connectivity index (χ3n) is 5.80. The molecular formula is C24H33LiN2O11S2. The third kappa shape index (κ3) is 10.6. The van der Waals surface area contributed by atoms with Gasteiger partial charge in [-0.1, -0.05) is 60.7 Å². The Bertz CT molecular complexity index is 1260. The Morgan fingerprint density at radius 2 is 1.15 bits per heavy atom. The zero-order valence-corrected chi connectivity index (χ0v) is 24.1. The second kappa shape index (κ2) is 17.5. The first-order chi connectivity index (χ1) is 18.0. The van der Waals surface area contributed by atoms with E-state index in [1.54, 1.807) is 54.6 Å². The summed E-state index contributed by atoms with van der Waals surface area (Å²) in [6.07, 6.45) is 0.921. The van der Waals surface area contributed by atoms with E-state index < -0.39 is 44.1 Å². The van der Waals surface area contributed by atoms with Gasteiger partial charge in [-0.2, -0.15) is 8.61 Å². The number of rotatable bonds is 8. The third-order valence-corrected chi connectivity index (χ3v) is 9.50. The summed E-state index contributed by atoms with van der Waals surface area (Å²) in [6, 6.07) is 16.1. The molecule has 0 aromatic heterocycles. The maximum absolute atomic E-state index is 12.1. The molecule has 218 valence electrons. The number of carbonyl (C=O) groups is 2. The minimum Gasteiger partial charge on any atom is -0.870 e. The molecule has 0 saturated carbocycles. The van der Waals surface area contributed by atoms with Crippen molar-refractivity contribution >= 4 is 32.0 Å². The number of carbonyl (C=O) groups excluding carboxylic acids is 1. The molecule has 0 spiro atoms. The Morgan fingerprint density at radius 1 is 0.800 bits per heavy atom. The molecule has 0 bridgehead atoms. The van der Waals surface area contributed by atoms with Gasteiger partial charge in [-0.15, -0.1) is 0 Å². The van der Waals surface area contributed by atoms with Gasteiger partial charge in [0.25, 0.3) is 0 Å². The standard InChI is InChI=1S/C12H15NO4S.C11H13NO4S.CH4O2.Li.H2O/c1-17-12(14)11-7-8-13(11)18(15,16)9-10-5-3-2-4-6-10;13-11(14)10-6-7-12(10)17(15,16)8-9-4-2-1-3-5-9;1-3-2;;/h2-6,11H,7-9H2,1H3;1-5,10H,6-8H2,(H,13,14);2H,1H3;;1H2/q;;;+1;/p-1/t11-;10-;;;/m00.../s1. The van der Waals surface area contributed by atoms with Crippen LogP contribution >= 0.6 is 0 Å². The van der Waals surface area contributed by atoms with Crippen LogP contribution in [-0.2, 0) is 50.8 Å². The van der Waals surface area contributed by atoms with Gasteiger partial charge in [0.15, 0.2) is 0 Å². The predicted molar refractivity (Wildman–Crippen MR) is 140 cm³/mol. The van der Waals surface area contributed by atoms with Crippen LogP contribution < -0.4 is 18.9 Å². The van der Waals surface area contributed by atoms with Crippen LogP contribution in [0.1, 0.15) is 24.0 Å². The molecule has 4 rings (SSSR count). The van der Waals surface area contributed by atoms with E-state index in [0.717, 1.165) is 4.31 Å². The van der Waals surface area contributed by atoms with Crippen LogP contribution in [0.4, 0.5) is 0 Å². The van der Waals surface area contributed by atoms with Crippen molar-refractivity contribution in [1.29, 1.82) is 0 Å². The molecule has 0 amide bonds. The Morgan fingerprint density at radius 3 is 1.43 bits per heavy atom. The molecule has 0 radical (unpaired) electrons. The molecule has 2 heterocycles. The molecule has 2 aliphatic rings. The molecule has 0 unspecified atom stereocenters. The normalized spacial score (nSPS) is 18.4. The van der Waals surface area contributed by atoms with Crippen LogP contribution in [0.5, 0.6) is 0 Å². The smallest absolute Gasteiger partial charge is 0.870 e. The molecule has 2 atom stereocenters. The van der Waals surface area contributed by atoms with Crippen LogP contribution in [0.3, 0.4) is 0 Å². The Labute approximate surface area is 246 Å². The van der Waals surface area contributed by atoms with E-state index in [1.165, 1.54) is 18.5 Å². The van der Waals surface area contributed by atoms with Gasteiger partial charge >= 0.3 is 30.8 Å². The SMILES string of the molecule is COC(=O)[C@@H]1CCN1S(=O)(=O)Cc1ccccc1.COO.O=C(O)[C@@H]1CCN1S(=O)(=O)Cc1ccccc1.[Li+].[OH-]. The van der Waals surface area contributed by atoms with E-state index in [-0.39, 0.29) is 35.8 Å². The number of hydrogen-bond acceptors (Lipinski definition) is 10. The van der Waals surface area contributed by atoms with Crippen LogP contribution in [-0.4, -0.2) is 92.6 Å². The number of aliphatic carboxylic acids is 1. The van der Waals surface area contributed by atoms with Crippen molar-refractivity contribution in [2.24, 2.45) is 0 Å². The van der Waals surface area contributed by atoms with Gasteiger partial charge in [-0.05, 0) is 24.0 Å². The summed E-state index contributed by atoms with van der Waals surface area (Å²) in [5, 5.41) is 15.9. The van der Waals surface area contributed by atoms with Crippen molar-refractivity contribution < 1.29 is 70.7 Å². The Hall–Kier alpha value is -2.32. The van der Waals surface area contributed by atoms with Crippen LogP contribution in [0.2, 0.25) is 0 Å². The molecular weight excluding hydrogens is 563 g/mol. The molecule has 3 N–H and O–H groups in total. The van der Waals surface area contributed by atoms with Crippen molar-refractivity contribution in [2.45, 2.75) is 36.4 Å². The Balaban J connectivity index is 0.000000663. The van der Waals surface area contributed by atoms with Gasteiger partial charge < -0.3 is 15.3 Å². The first kappa shape index (κ1) is 37.7. The summed E-state index contributed by atoms with van der Waals surface area (Å²) >= 11 is 0. The molecule has 2 aromatic rings. The maximum atomic E-state index is 12.1. The number of sulfonamides is 2. The molecule has 16 heteroatoms. The topological polar surface area (TPSA) is 198 Å². The van der Waals surface area contributed by atoms with E-state index in [2.05, 4.69) is 9.62 Å². The molecule has 2 fully saturated rings. The number of carboxylic acids is 1. The van der Waals surface area contributed by atoms with Crippen LogP contribution in [0.15, 0.2) is 60.7 Å². The summed E-state index contributed by atoms with van der Waals surface area (Å²) in [6.45, 7) is 0.682. The maximum Gasteiger partial charge on any atom is 1.00 e. The summed E-state index contributed by atoms with van der Waals surface area (Å²) in [5.41, 5.74) is 1.39. The van der Waals surface area contributed by atoms with E-state index >= 15 is 0 Å². The number of benzene rings is 2. The van der Waals surface area contributed by atoms with Crippen molar-refractivity contribution in [3.8, 4) is 0 Å². The zero-order chi connectivity index (χ0) is 28.3. The van der Waals surface area contributed by atoms with Gasteiger partial charge in [0.2, 0.25) is 20.0 Å². The first-order valence-electron chi connectivity index (χ1n) is 11.5. The second-order valence-corrected chi connectivity index (χ2v) is 12.2. The van der Waals surface area contributed by atoms with E-state index in [1.807, 2.05) is 6.07 Å². The van der Waals surface area contributed by atoms with Crippen molar-refractivity contribution in [2.75, 3.05) is 27.3 Å². The average Bonchev–Trinajstić information content (AvgIpc) is 2.78. The average molecular weight is 597 g/mol. The molecule has 40 heavy (non-hydrogen) atoms. The number of carboxylic acid groups (broad SMARTS) is 1. The number of nitrogens with zero attached hydrogens (tertiary/aromatic N) is 2. The first-order valence-corrected chi connectivity index (χ1v) is 14.7. The molecule has 0 aliphatic carbocycles. The van der Waals surface area contributed by atoms with Gasteiger partial charge in [-0.3, -0.25) is 14.8 Å². The van der Waals surface area contributed by atoms with Crippen molar-refractivity contribution in [3.05, 3.63) is 71.8 Å². The van der Waals surface area contributed by atoms with Crippen LogP contribution in [0.25, 0.3) is 0 Å². The monoisotopic (exact) mass is 596 g/mol. The van der Waals surface area contributed by atoms with Gasteiger partial charge in [0.1, 0.15) is 12.1 Å². The molecule has 2 aromatic carbocycles. The van der Waals surface area contributed by atoms with E-state index in [0.29, 0.717) is 37.1 Å². The van der Waals surface area contributed by atoms with Crippen LogP contribution in [0, 0.1) is 0 Å². The summed E-state index contributed by atoms with van der Waals surface area (Å²) in [4.78, 5) is 25.4. The zero-order valence-electron chi connectivity index (χ0n) is 22.5. The summed E-state index contributed by atoms with van der Waals surface area (Å²) in [7, 11) is -4.52. The van der Waals surface area contributed by atoms with E-state index in [4.69, 9.17) is 10.4 Å². The predicted octanol–water partition coefficient (Wildman–Crippen LogP) is -1.63. The Kier molecular flexibility index (Phi) is 16.5. The fourth-order valence-electron chi connectivity index (χ4n) is 3.75. The van der Waals surface area contributed by atoms with Crippen molar-refractivity contribution in [1.82, 2.24) is 8.61 Å². The minimum absolute atomic E-state index is 0. The summed E-state index contributed by atoms with van der Waals surface area (Å²) in [5.74, 6) is -1.79. The molecule has 13 nitrogen and oxygen atoms in total. The fourth-order valence-corrected chi connectivity index (χ4v) is 7.24. The van der Waals surface area contributed by atoms with Gasteiger partial charge in [0.05, 0.1) is 25.7 Å². The van der Waals surface area contributed by atoms with Gasteiger partial charge in [0, 0.05) is 13.1 Å². The van der Waals surface area contributed by atoms with Crippen molar-refractivity contribution in [3.63, 3.8) is 0 Å². The number of esters is 1. The molecule has 2 aliphatic heterocycles. The largest absolute Gasteiger partial charge is 1.00 e. The number of hydrogen-bond donors (Lipinski definition) is 2. The number of methoxy groups -OCH3 is 1. The quantitative estimate of drug-likeness (QED) is 0.154. The minimum atomic E-state index is -3.52. The summed E-state index contributed by atoms with van der Waals surface area (Å²) < 4.78 is 55.0.